The van der Waals surface area contributed by atoms with E-state index in [9.17, 15) is 9.59 Å². The molecule has 0 spiro atoms. The van der Waals surface area contributed by atoms with Gasteiger partial charge in [0.25, 0.3) is 0 Å². The second-order valence-corrected chi connectivity index (χ2v) is 5.56. The first-order valence-electron chi connectivity index (χ1n) is 8.18. The number of carboxylic acid groups (broad SMARTS) is 1. The molecule has 0 unspecified atom stereocenters. The van der Waals surface area contributed by atoms with Gasteiger partial charge in [-0.25, -0.2) is 0 Å². The average Bonchev–Trinajstić information content (AvgIpc) is 2.43. The lowest BCUT2D eigenvalue weighted by Crippen LogP contribution is -2.31. The number of rotatable bonds is 13. The molecule has 4 nitrogen and oxygen atoms in total. The number of carbonyl (C=O) groups is 2. The highest BCUT2D eigenvalue weighted by Crippen LogP contribution is 2.09. The molecule has 0 radical (unpaired) electrons. The Morgan fingerprint density at radius 1 is 0.952 bits per heavy atom. The normalized spacial score (nSPS) is 11.0. The monoisotopic (exact) mass is 297 g/mol. The van der Waals surface area contributed by atoms with Gasteiger partial charge in [-0.15, -0.1) is 0 Å². The molecule has 0 fully saturated rings. The first kappa shape index (κ1) is 19.7. The van der Waals surface area contributed by atoms with Crippen LogP contribution < -0.4 is 0 Å². The lowest BCUT2D eigenvalue weighted by atomic mass is 10.1. The van der Waals surface area contributed by atoms with Crippen molar-refractivity contribution in [3.63, 3.8) is 0 Å². The van der Waals surface area contributed by atoms with E-state index in [-0.39, 0.29) is 12.5 Å². The molecular formula is C17H31NO3. The predicted octanol–water partition coefficient (Wildman–Crippen LogP) is 4.01. The molecule has 0 atom stereocenters. The summed E-state index contributed by atoms with van der Waals surface area (Å²) in [6.45, 7) is 2.00. The minimum Gasteiger partial charge on any atom is -0.480 e. The topological polar surface area (TPSA) is 57.6 Å². The third-order valence-electron chi connectivity index (χ3n) is 3.45. The molecule has 0 heterocycles. The minimum absolute atomic E-state index is 0.0729. The first-order valence-corrected chi connectivity index (χ1v) is 8.18. The molecule has 0 aromatic carbocycles. The summed E-state index contributed by atoms with van der Waals surface area (Å²) in [6.07, 6.45) is 15.4. The van der Waals surface area contributed by atoms with E-state index in [1.165, 1.54) is 37.0 Å². The molecule has 1 N–H and O–H groups in total. The summed E-state index contributed by atoms with van der Waals surface area (Å²) >= 11 is 0. The molecule has 0 aromatic heterocycles. The number of nitrogens with zero attached hydrogens (tertiary/aromatic N) is 1. The van der Waals surface area contributed by atoms with Gasteiger partial charge in [0.2, 0.25) is 5.91 Å². The maximum atomic E-state index is 11.6. The van der Waals surface area contributed by atoms with Crippen LogP contribution in [0.15, 0.2) is 12.2 Å². The molecule has 1 amide bonds. The smallest absolute Gasteiger partial charge is 0.323 e. The van der Waals surface area contributed by atoms with Crippen LogP contribution in [0.25, 0.3) is 0 Å². The summed E-state index contributed by atoms with van der Waals surface area (Å²) < 4.78 is 0. The Kier molecular flexibility index (Phi) is 12.8. The molecule has 0 aliphatic rings. The number of unbranched alkanes of at least 4 members (excludes halogenated alkanes) is 7. The van der Waals surface area contributed by atoms with Crippen LogP contribution in [0.5, 0.6) is 0 Å². The number of aliphatic carboxylic acids is 1. The highest BCUT2D eigenvalue weighted by atomic mass is 16.4. The molecule has 0 aliphatic carbocycles. The first-order chi connectivity index (χ1) is 10.1. The SMILES string of the molecule is CCCC/C=C\CCCCCCCC(=O)N(C)CC(=O)O. The fourth-order valence-electron chi connectivity index (χ4n) is 2.11. The maximum absolute atomic E-state index is 11.6. The maximum Gasteiger partial charge on any atom is 0.323 e. The second-order valence-electron chi connectivity index (χ2n) is 5.56. The average molecular weight is 297 g/mol. The quantitative estimate of drug-likeness (QED) is 0.413. The zero-order chi connectivity index (χ0) is 15.9. The van der Waals surface area contributed by atoms with E-state index < -0.39 is 5.97 Å². The molecule has 0 rings (SSSR count). The van der Waals surface area contributed by atoms with Crippen LogP contribution in [0.4, 0.5) is 0 Å². The molecule has 0 bridgehead atoms. The van der Waals surface area contributed by atoms with Crippen LogP contribution in [0.2, 0.25) is 0 Å². The highest BCUT2D eigenvalue weighted by Gasteiger charge is 2.10. The third kappa shape index (κ3) is 13.4. The number of amides is 1. The molecule has 21 heavy (non-hydrogen) atoms. The molecule has 0 saturated carbocycles. The summed E-state index contributed by atoms with van der Waals surface area (Å²) in [4.78, 5) is 23.3. The van der Waals surface area contributed by atoms with Gasteiger partial charge < -0.3 is 10.0 Å². The Morgan fingerprint density at radius 3 is 2.14 bits per heavy atom. The van der Waals surface area contributed by atoms with Crippen LogP contribution in [0, 0.1) is 0 Å². The van der Waals surface area contributed by atoms with Crippen LogP contribution in [0.1, 0.15) is 71.1 Å². The standard InChI is InChI=1S/C17H31NO3/c1-3-4-5-6-7-8-9-10-11-12-13-14-16(19)18(2)15-17(20)21/h6-7H,3-5,8-15H2,1-2H3,(H,20,21)/b7-6-. The summed E-state index contributed by atoms with van der Waals surface area (Å²) in [5.41, 5.74) is 0. The van der Waals surface area contributed by atoms with E-state index in [0.717, 1.165) is 25.7 Å². The van der Waals surface area contributed by atoms with Crippen LogP contribution in [-0.2, 0) is 9.59 Å². The van der Waals surface area contributed by atoms with E-state index in [1.54, 1.807) is 7.05 Å². The van der Waals surface area contributed by atoms with Gasteiger partial charge in [0.05, 0.1) is 0 Å². The van der Waals surface area contributed by atoms with Gasteiger partial charge in [0.1, 0.15) is 6.54 Å². The van der Waals surface area contributed by atoms with Crippen molar-refractivity contribution in [2.75, 3.05) is 13.6 Å². The lowest BCUT2D eigenvalue weighted by Gasteiger charge is -2.14. The van der Waals surface area contributed by atoms with Crippen molar-refractivity contribution in [2.45, 2.75) is 71.1 Å². The van der Waals surface area contributed by atoms with Gasteiger partial charge in [0, 0.05) is 13.5 Å². The zero-order valence-corrected chi connectivity index (χ0v) is 13.6. The minimum atomic E-state index is -0.960. The lowest BCUT2D eigenvalue weighted by molar-refractivity contribution is -0.143. The second kappa shape index (κ2) is 13.7. The van der Waals surface area contributed by atoms with Gasteiger partial charge in [-0.2, -0.15) is 0 Å². The fraction of sp³-hybridized carbons (Fsp3) is 0.765. The van der Waals surface area contributed by atoms with Crippen molar-refractivity contribution >= 4 is 11.9 Å². The van der Waals surface area contributed by atoms with Crippen molar-refractivity contribution in [3.05, 3.63) is 12.2 Å². The molecule has 0 aromatic rings. The van der Waals surface area contributed by atoms with E-state index in [4.69, 9.17) is 5.11 Å². The molecular weight excluding hydrogens is 266 g/mol. The van der Waals surface area contributed by atoms with Crippen molar-refractivity contribution in [2.24, 2.45) is 0 Å². The number of hydrogen-bond donors (Lipinski definition) is 1. The van der Waals surface area contributed by atoms with Gasteiger partial charge in [-0.1, -0.05) is 51.2 Å². The van der Waals surface area contributed by atoms with Gasteiger partial charge in [-0.3, -0.25) is 9.59 Å². The number of allylic oxidation sites excluding steroid dienone is 2. The largest absolute Gasteiger partial charge is 0.480 e. The highest BCUT2D eigenvalue weighted by molar-refractivity contribution is 5.80. The number of hydrogen-bond acceptors (Lipinski definition) is 2. The van der Waals surface area contributed by atoms with Crippen molar-refractivity contribution in [3.8, 4) is 0 Å². The summed E-state index contributed by atoms with van der Waals surface area (Å²) in [6, 6.07) is 0. The van der Waals surface area contributed by atoms with Gasteiger partial charge in [0.15, 0.2) is 0 Å². The Bertz CT molecular complexity index is 313. The third-order valence-corrected chi connectivity index (χ3v) is 3.45. The van der Waals surface area contributed by atoms with Crippen molar-refractivity contribution < 1.29 is 14.7 Å². The van der Waals surface area contributed by atoms with Crippen LogP contribution in [0.3, 0.4) is 0 Å². The molecule has 4 heteroatoms. The van der Waals surface area contributed by atoms with Crippen LogP contribution in [-0.4, -0.2) is 35.5 Å². The number of carbonyl (C=O) groups excluding carboxylic acids is 1. The number of likely N-dealkylation sites (N-methyl/N-ethyl adjacent to an activating group) is 1. The summed E-state index contributed by atoms with van der Waals surface area (Å²) in [7, 11) is 1.54. The summed E-state index contributed by atoms with van der Waals surface area (Å²) in [5, 5.41) is 8.59. The van der Waals surface area contributed by atoms with E-state index >= 15 is 0 Å². The fourth-order valence-corrected chi connectivity index (χ4v) is 2.11. The molecule has 122 valence electrons. The Labute approximate surface area is 129 Å². The molecule has 0 aliphatic heterocycles. The zero-order valence-electron chi connectivity index (χ0n) is 13.6. The van der Waals surface area contributed by atoms with Gasteiger partial charge >= 0.3 is 5.97 Å². The molecule has 0 saturated heterocycles. The Morgan fingerprint density at radius 2 is 1.52 bits per heavy atom. The van der Waals surface area contributed by atoms with E-state index in [0.29, 0.717) is 6.42 Å². The predicted molar refractivity (Wildman–Crippen MR) is 86.3 cm³/mol. The van der Waals surface area contributed by atoms with E-state index in [2.05, 4.69) is 19.1 Å². The van der Waals surface area contributed by atoms with Crippen molar-refractivity contribution in [1.29, 1.82) is 0 Å². The number of carboxylic acids is 1. The Hall–Kier alpha value is -1.32. The van der Waals surface area contributed by atoms with Crippen molar-refractivity contribution in [1.82, 2.24) is 4.90 Å². The van der Waals surface area contributed by atoms with Gasteiger partial charge in [-0.05, 0) is 25.7 Å². The summed E-state index contributed by atoms with van der Waals surface area (Å²) in [5.74, 6) is -1.03. The van der Waals surface area contributed by atoms with Crippen LogP contribution >= 0.6 is 0 Å². The Balaban J connectivity index is 3.38. The van der Waals surface area contributed by atoms with E-state index in [1.807, 2.05) is 0 Å².